The molecule has 0 amide bonds. The minimum absolute atomic E-state index is 0.366. The Bertz CT molecular complexity index is 671. The first-order valence-corrected chi connectivity index (χ1v) is 6.49. The number of halogens is 3. The maximum atomic E-state index is 13.2. The summed E-state index contributed by atoms with van der Waals surface area (Å²) in [5, 5.41) is 3.77. The molecule has 5 heteroatoms. The Balaban J connectivity index is 2.34. The van der Waals surface area contributed by atoms with Crippen LogP contribution in [0.15, 0.2) is 48.5 Å². The van der Waals surface area contributed by atoms with E-state index in [9.17, 15) is 9.18 Å². The van der Waals surface area contributed by atoms with E-state index in [1.807, 2.05) is 0 Å². The van der Waals surface area contributed by atoms with Gasteiger partial charge >= 0.3 is 0 Å². The lowest BCUT2D eigenvalue weighted by atomic mass is 10.1. The van der Waals surface area contributed by atoms with Crippen molar-refractivity contribution in [3.05, 3.63) is 70.0 Å². The molecule has 0 radical (unpaired) electrons. The zero-order valence-electron chi connectivity index (χ0n) is 10.2. The van der Waals surface area contributed by atoms with Crippen LogP contribution < -0.4 is 5.32 Å². The predicted molar refractivity (Wildman–Crippen MR) is 80.5 cm³/mol. The molecule has 0 atom stereocenters. The first kappa shape index (κ1) is 14.6. The molecule has 0 aliphatic carbocycles. The Morgan fingerprint density at radius 1 is 1.10 bits per heavy atom. The van der Waals surface area contributed by atoms with Gasteiger partial charge in [-0.2, -0.15) is 0 Å². The molecule has 0 bridgehead atoms. The van der Waals surface area contributed by atoms with Crippen molar-refractivity contribution in [3.8, 4) is 0 Å². The number of aldehydes is 1. The normalized spacial score (nSPS) is 11.2. The molecule has 0 fully saturated rings. The van der Waals surface area contributed by atoms with Gasteiger partial charge in [0.25, 0.3) is 0 Å². The van der Waals surface area contributed by atoms with Crippen LogP contribution in [-0.4, -0.2) is 6.29 Å². The topological polar surface area (TPSA) is 29.1 Å². The van der Waals surface area contributed by atoms with Gasteiger partial charge in [0.15, 0.2) is 0 Å². The van der Waals surface area contributed by atoms with Crippen molar-refractivity contribution in [1.29, 1.82) is 0 Å². The lowest BCUT2D eigenvalue weighted by molar-refractivity contribution is -0.104. The molecule has 2 rings (SSSR count). The number of benzene rings is 2. The Hall–Kier alpha value is -1.84. The molecule has 20 heavy (non-hydrogen) atoms. The van der Waals surface area contributed by atoms with E-state index in [4.69, 9.17) is 23.2 Å². The van der Waals surface area contributed by atoms with E-state index in [-0.39, 0.29) is 5.82 Å². The van der Waals surface area contributed by atoms with Gasteiger partial charge in [0.1, 0.15) is 12.1 Å². The number of hydrogen-bond donors (Lipinski definition) is 1. The standard InChI is InChI=1S/C15H10Cl2FNO/c16-13-5-4-10(8-14(13)17)15(6-7-20)19-12-3-1-2-11(18)9-12/h1-9,19H/b15-6-. The van der Waals surface area contributed by atoms with E-state index in [0.29, 0.717) is 33.3 Å². The van der Waals surface area contributed by atoms with Crippen molar-refractivity contribution >= 4 is 40.9 Å². The number of allylic oxidation sites excluding steroid dienone is 1. The second-order valence-electron chi connectivity index (χ2n) is 3.98. The highest BCUT2D eigenvalue weighted by atomic mass is 35.5. The Morgan fingerprint density at radius 2 is 1.90 bits per heavy atom. The van der Waals surface area contributed by atoms with Crippen LogP contribution in [0.25, 0.3) is 5.70 Å². The summed E-state index contributed by atoms with van der Waals surface area (Å²) in [5.41, 5.74) is 1.71. The lowest BCUT2D eigenvalue weighted by Gasteiger charge is -2.11. The van der Waals surface area contributed by atoms with Crippen LogP contribution >= 0.6 is 23.2 Å². The second kappa shape index (κ2) is 6.55. The Labute approximate surface area is 125 Å². The van der Waals surface area contributed by atoms with Crippen molar-refractivity contribution in [2.45, 2.75) is 0 Å². The summed E-state index contributed by atoms with van der Waals surface area (Å²) >= 11 is 11.8. The number of anilines is 1. The van der Waals surface area contributed by atoms with Gasteiger partial charge in [-0.15, -0.1) is 0 Å². The van der Waals surface area contributed by atoms with Gasteiger partial charge in [0.2, 0.25) is 0 Å². The highest BCUT2D eigenvalue weighted by Gasteiger charge is 2.06. The number of hydrogen-bond acceptors (Lipinski definition) is 2. The highest BCUT2D eigenvalue weighted by molar-refractivity contribution is 6.42. The molecule has 0 saturated carbocycles. The molecule has 0 saturated heterocycles. The van der Waals surface area contributed by atoms with E-state index in [0.717, 1.165) is 0 Å². The molecule has 1 N–H and O–H groups in total. The molecule has 0 heterocycles. The average molecular weight is 310 g/mol. The van der Waals surface area contributed by atoms with Crippen LogP contribution in [0.5, 0.6) is 0 Å². The van der Waals surface area contributed by atoms with Crippen molar-refractivity contribution < 1.29 is 9.18 Å². The smallest absolute Gasteiger partial charge is 0.144 e. The molecule has 0 aromatic heterocycles. The summed E-state index contributed by atoms with van der Waals surface area (Å²) in [4.78, 5) is 10.7. The summed E-state index contributed by atoms with van der Waals surface area (Å²) < 4.78 is 13.2. The Kier molecular flexibility index (Phi) is 4.77. The third-order valence-corrected chi connectivity index (χ3v) is 3.31. The SMILES string of the molecule is O=C/C=C(\Nc1cccc(F)c1)c1ccc(Cl)c(Cl)c1. The highest BCUT2D eigenvalue weighted by Crippen LogP contribution is 2.27. The summed E-state index contributed by atoms with van der Waals surface area (Å²) in [6.45, 7) is 0. The molecule has 0 unspecified atom stereocenters. The third-order valence-electron chi connectivity index (χ3n) is 2.57. The first-order valence-electron chi connectivity index (χ1n) is 5.73. The molecule has 2 aromatic rings. The van der Waals surface area contributed by atoms with Crippen molar-refractivity contribution in [2.24, 2.45) is 0 Å². The average Bonchev–Trinajstić information content (AvgIpc) is 2.41. The fourth-order valence-corrected chi connectivity index (χ4v) is 1.96. The van der Waals surface area contributed by atoms with E-state index < -0.39 is 0 Å². The summed E-state index contributed by atoms with van der Waals surface area (Å²) in [7, 11) is 0. The first-order chi connectivity index (χ1) is 9.60. The maximum Gasteiger partial charge on any atom is 0.144 e. The molecule has 0 aliphatic rings. The molecule has 2 aromatic carbocycles. The Morgan fingerprint density at radius 3 is 2.55 bits per heavy atom. The van der Waals surface area contributed by atoms with Crippen LogP contribution in [0.3, 0.4) is 0 Å². The monoisotopic (exact) mass is 309 g/mol. The second-order valence-corrected chi connectivity index (χ2v) is 4.80. The lowest BCUT2D eigenvalue weighted by Crippen LogP contribution is -2.00. The third kappa shape index (κ3) is 3.59. The largest absolute Gasteiger partial charge is 0.355 e. The minimum Gasteiger partial charge on any atom is -0.355 e. The summed E-state index contributed by atoms with van der Waals surface area (Å²) in [5.74, 6) is -0.366. The minimum atomic E-state index is -0.366. The maximum absolute atomic E-state index is 13.2. The fraction of sp³-hybridized carbons (Fsp3) is 0. The molecule has 0 aliphatic heterocycles. The van der Waals surface area contributed by atoms with E-state index >= 15 is 0 Å². The zero-order chi connectivity index (χ0) is 14.5. The van der Waals surface area contributed by atoms with E-state index in [2.05, 4.69) is 5.32 Å². The fourth-order valence-electron chi connectivity index (χ4n) is 1.66. The van der Waals surface area contributed by atoms with Gasteiger partial charge in [0, 0.05) is 17.5 Å². The van der Waals surface area contributed by atoms with Gasteiger partial charge in [-0.3, -0.25) is 4.79 Å². The van der Waals surface area contributed by atoms with Crippen LogP contribution in [0.4, 0.5) is 10.1 Å². The van der Waals surface area contributed by atoms with Gasteiger partial charge in [0.05, 0.1) is 10.0 Å². The van der Waals surface area contributed by atoms with Crippen LogP contribution in [0, 0.1) is 5.82 Å². The summed E-state index contributed by atoms with van der Waals surface area (Å²) in [6, 6.07) is 10.9. The van der Waals surface area contributed by atoms with Crippen molar-refractivity contribution in [2.75, 3.05) is 5.32 Å². The van der Waals surface area contributed by atoms with Gasteiger partial charge in [-0.05, 0) is 35.9 Å². The molecule has 102 valence electrons. The quantitative estimate of drug-likeness (QED) is 0.650. The van der Waals surface area contributed by atoms with Crippen LogP contribution in [0.1, 0.15) is 5.56 Å². The zero-order valence-corrected chi connectivity index (χ0v) is 11.8. The molecule has 2 nitrogen and oxygen atoms in total. The van der Waals surface area contributed by atoms with Crippen LogP contribution in [0.2, 0.25) is 10.0 Å². The number of nitrogens with one attached hydrogen (secondary N) is 1. The van der Waals surface area contributed by atoms with Crippen molar-refractivity contribution in [1.82, 2.24) is 0 Å². The van der Waals surface area contributed by atoms with E-state index in [1.165, 1.54) is 18.2 Å². The predicted octanol–water partition coefficient (Wildman–Crippen LogP) is 4.78. The van der Waals surface area contributed by atoms with Crippen LogP contribution in [-0.2, 0) is 4.79 Å². The number of carbonyl (C=O) groups excluding carboxylic acids is 1. The number of carbonyl (C=O) groups is 1. The summed E-state index contributed by atoms with van der Waals surface area (Å²) in [6.07, 6.45) is 1.98. The van der Waals surface area contributed by atoms with Gasteiger partial charge < -0.3 is 5.32 Å². The van der Waals surface area contributed by atoms with E-state index in [1.54, 1.807) is 30.3 Å². The van der Waals surface area contributed by atoms with Gasteiger partial charge in [-0.1, -0.05) is 35.3 Å². The number of rotatable bonds is 4. The molecular weight excluding hydrogens is 300 g/mol. The van der Waals surface area contributed by atoms with Gasteiger partial charge in [-0.25, -0.2) is 4.39 Å². The molecule has 0 spiro atoms. The molecular formula is C15H10Cl2FNO. The van der Waals surface area contributed by atoms with Crippen molar-refractivity contribution in [3.63, 3.8) is 0 Å².